The Labute approximate surface area is 116 Å². The highest BCUT2D eigenvalue weighted by Crippen LogP contribution is 2.37. The molecular formula is C13H18N2O5. The lowest BCUT2D eigenvalue weighted by molar-refractivity contribution is -0.120. The van der Waals surface area contributed by atoms with E-state index in [4.69, 9.17) is 14.2 Å². The van der Waals surface area contributed by atoms with Gasteiger partial charge in [-0.1, -0.05) is 0 Å². The largest absolute Gasteiger partial charge is 0.507 e. The van der Waals surface area contributed by atoms with E-state index in [-0.39, 0.29) is 25.0 Å². The molecular weight excluding hydrogens is 264 g/mol. The number of fused-ring (bicyclic) bond motifs is 1. The van der Waals surface area contributed by atoms with E-state index >= 15 is 0 Å². The predicted molar refractivity (Wildman–Crippen MR) is 70.8 cm³/mol. The average molecular weight is 282 g/mol. The number of nitrogens with one attached hydrogen (secondary N) is 2. The summed E-state index contributed by atoms with van der Waals surface area (Å²) in [6.07, 6.45) is 0. The van der Waals surface area contributed by atoms with Gasteiger partial charge < -0.3 is 30.0 Å². The van der Waals surface area contributed by atoms with Gasteiger partial charge in [-0.25, -0.2) is 0 Å². The third-order valence-corrected chi connectivity index (χ3v) is 2.80. The Morgan fingerprint density at radius 2 is 2.15 bits per heavy atom. The van der Waals surface area contributed by atoms with E-state index in [0.717, 1.165) is 0 Å². The molecule has 0 aliphatic carbocycles. The molecule has 1 heterocycles. The summed E-state index contributed by atoms with van der Waals surface area (Å²) in [6.45, 7) is 1.65. The number of benzene rings is 1. The van der Waals surface area contributed by atoms with Gasteiger partial charge in [-0.3, -0.25) is 4.79 Å². The second-order valence-corrected chi connectivity index (χ2v) is 4.28. The van der Waals surface area contributed by atoms with Crippen LogP contribution in [0.25, 0.3) is 0 Å². The molecule has 20 heavy (non-hydrogen) atoms. The molecule has 0 atom stereocenters. The molecule has 7 heteroatoms. The van der Waals surface area contributed by atoms with Gasteiger partial charge >= 0.3 is 0 Å². The third-order valence-electron chi connectivity index (χ3n) is 2.80. The van der Waals surface area contributed by atoms with Crippen LogP contribution >= 0.6 is 0 Å². The topological polar surface area (TPSA) is 89.1 Å². The molecule has 1 aliphatic rings. The van der Waals surface area contributed by atoms with Gasteiger partial charge in [0, 0.05) is 31.8 Å². The zero-order valence-electron chi connectivity index (χ0n) is 11.3. The zero-order valence-corrected chi connectivity index (χ0v) is 11.3. The highest BCUT2D eigenvalue weighted by molar-refractivity contribution is 5.77. The van der Waals surface area contributed by atoms with Crippen molar-refractivity contribution >= 4 is 5.91 Å². The van der Waals surface area contributed by atoms with Crippen LogP contribution in [0, 0.1) is 0 Å². The Hall–Kier alpha value is -1.99. The molecule has 3 N–H and O–H groups in total. The van der Waals surface area contributed by atoms with Gasteiger partial charge in [0.1, 0.15) is 5.75 Å². The normalized spacial score (nSPS) is 12.4. The van der Waals surface area contributed by atoms with Crippen LogP contribution in [-0.4, -0.2) is 44.6 Å². The Kier molecular flexibility index (Phi) is 5.03. The van der Waals surface area contributed by atoms with Crippen molar-refractivity contribution in [2.24, 2.45) is 0 Å². The smallest absolute Gasteiger partial charge is 0.234 e. The number of phenols is 1. The van der Waals surface area contributed by atoms with Gasteiger partial charge in [0.05, 0.1) is 13.2 Å². The summed E-state index contributed by atoms with van der Waals surface area (Å²) in [5, 5.41) is 15.5. The number of rotatable bonds is 7. The van der Waals surface area contributed by atoms with E-state index in [1.54, 1.807) is 13.2 Å². The highest BCUT2D eigenvalue weighted by atomic mass is 16.7. The molecule has 0 radical (unpaired) electrons. The van der Waals surface area contributed by atoms with Crippen molar-refractivity contribution < 1.29 is 24.1 Å². The van der Waals surface area contributed by atoms with Gasteiger partial charge in [-0.05, 0) is 6.07 Å². The van der Waals surface area contributed by atoms with E-state index in [2.05, 4.69) is 10.6 Å². The quantitative estimate of drug-likeness (QED) is 0.609. The van der Waals surface area contributed by atoms with E-state index in [1.165, 1.54) is 6.07 Å². The van der Waals surface area contributed by atoms with Crippen molar-refractivity contribution in [3.8, 4) is 17.2 Å². The minimum Gasteiger partial charge on any atom is -0.507 e. The van der Waals surface area contributed by atoms with Crippen molar-refractivity contribution in [2.75, 3.05) is 33.6 Å². The zero-order chi connectivity index (χ0) is 14.4. The van der Waals surface area contributed by atoms with E-state index in [0.29, 0.717) is 36.8 Å². The van der Waals surface area contributed by atoms with E-state index < -0.39 is 0 Å². The Morgan fingerprint density at radius 1 is 1.40 bits per heavy atom. The maximum Gasteiger partial charge on any atom is 0.234 e. The molecule has 0 saturated carbocycles. The number of hydrogen-bond donors (Lipinski definition) is 3. The number of amides is 1. The molecule has 110 valence electrons. The van der Waals surface area contributed by atoms with Crippen LogP contribution in [0.5, 0.6) is 17.2 Å². The molecule has 0 aromatic heterocycles. The molecule has 0 saturated heterocycles. The first-order chi connectivity index (χ1) is 9.70. The van der Waals surface area contributed by atoms with Gasteiger partial charge in [-0.2, -0.15) is 0 Å². The Morgan fingerprint density at radius 3 is 2.90 bits per heavy atom. The molecule has 1 aliphatic heterocycles. The van der Waals surface area contributed by atoms with Crippen molar-refractivity contribution in [1.82, 2.24) is 10.6 Å². The number of methoxy groups -OCH3 is 1. The maximum atomic E-state index is 11.4. The molecule has 0 unspecified atom stereocenters. The van der Waals surface area contributed by atoms with Gasteiger partial charge in [0.25, 0.3) is 0 Å². The minimum absolute atomic E-state index is 0.113. The van der Waals surface area contributed by atoms with Crippen LogP contribution in [0.15, 0.2) is 12.1 Å². The van der Waals surface area contributed by atoms with Crippen LogP contribution in [0.2, 0.25) is 0 Å². The van der Waals surface area contributed by atoms with Crippen LogP contribution in [-0.2, 0) is 16.1 Å². The summed E-state index contributed by atoms with van der Waals surface area (Å²) in [5.41, 5.74) is 0.652. The Bertz CT molecular complexity index is 478. The number of ether oxygens (including phenoxy) is 3. The standard InChI is InChI=1S/C13H18N2O5/c1-18-3-2-15-13(17)7-14-6-9-4-11-12(5-10(9)16)20-8-19-11/h4-5,14,16H,2-3,6-8H2,1H3,(H,15,17). The van der Waals surface area contributed by atoms with E-state index in [9.17, 15) is 9.90 Å². The highest BCUT2D eigenvalue weighted by Gasteiger charge is 2.16. The second kappa shape index (κ2) is 6.97. The lowest BCUT2D eigenvalue weighted by atomic mass is 10.1. The molecule has 0 bridgehead atoms. The summed E-state index contributed by atoms with van der Waals surface area (Å²) in [5.74, 6) is 1.12. The monoisotopic (exact) mass is 282 g/mol. The van der Waals surface area contributed by atoms with E-state index in [1.807, 2.05) is 0 Å². The maximum absolute atomic E-state index is 11.4. The molecule has 0 spiro atoms. The van der Waals surface area contributed by atoms with Crippen molar-refractivity contribution in [1.29, 1.82) is 0 Å². The fraction of sp³-hybridized carbons (Fsp3) is 0.462. The Balaban J connectivity index is 1.78. The summed E-state index contributed by atoms with van der Waals surface area (Å²) in [4.78, 5) is 11.4. The lowest BCUT2D eigenvalue weighted by Gasteiger charge is -2.08. The first-order valence-corrected chi connectivity index (χ1v) is 6.28. The van der Waals surface area contributed by atoms with Crippen molar-refractivity contribution in [3.05, 3.63) is 17.7 Å². The molecule has 1 aromatic rings. The number of carbonyl (C=O) groups excluding carboxylic acids is 1. The number of aromatic hydroxyl groups is 1. The first-order valence-electron chi connectivity index (χ1n) is 6.28. The number of phenolic OH excluding ortho intramolecular Hbond substituents is 1. The average Bonchev–Trinajstić information content (AvgIpc) is 2.86. The van der Waals surface area contributed by atoms with Gasteiger partial charge in [0.2, 0.25) is 12.7 Å². The van der Waals surface area contributed by atoms with Crippen LogP contribution in [0.3, 0.4) is 0 Å². The second-order valence-electron chi connectivity index (χ2n) is 4.28. The van der Waals surface area contributed by atoms with Crippen LogP contribution in [0.1, 0.15) is 5.56 Å². The third kappa shape index (κ3) is 3.75. The summed E-state index contributed by atoms with van der Waals surface area (Å²) in [7, 11) is 1.58. The number of carbonyl (C=O) groups is 1. The SMILES string of the molecule is COCCNC(=O)CNCc1cc2c(cc1O)OCO2. The predicted octanol–water partition coefficient (Wildman–Crippen LogP) is -0.0269. The summed E-state index contributed by atoms with van der Waals surface area (Å²) < 4.78 is 15.2. The van der Waals surface area contributed by atoms with Crippen molar-refractivity contribution in [3.63, 3.8) is 0 Å². The molecule has 1 aromatic carbocycles. The van der Waals surface area contributed by atoms with Crippen LogP contribution < -0.4 is 20.1 Å². The van der Waals surface area contributed by atoms with Crippen LogP contribution in [0.4, 0.5) is 0 Å². The molecule has 7 nitrogen and oxygen atoms in total. The first kappa shape index (κ1) is 14.4. The van der Waals surface area contributed by atoms with Gasteiger partial charge in [-0.15, -0.1) is 0 Å². The van der Waals surface area contributed by atoms with Gasteiger partial charge in [0.15, 0.2) is 11.5 Å². The summed E-state index contributed by atoms with van der Waals surface area (Å²) in [6, 6.07) is 3.21. The minimum atomic E-state index is -0.123. The molecule has 1 amide bonds. The van der Waals surface area contributed by atoms with Crippen molar-refractivity contribution in [2.45, 2.75) is 6.54 Å². The molecule has 2 rings (SSSR count). The lowest BCUT2D eigenvalue weighted by Crippen LogP contribution is -2.35. The summed E-state index contributed by atoms with van der Waals surface area (Å²) >= 11 is 0. The fourth-order valence-corrected chi connectivity index (χ4v) is 1.78. The number of hydrogen-bond acceptors (Lipinski definition) is 6. The molecule has 0 fully saturated rings. The fourth-order valence-electron chi connectivity index (χ4n) is 1.78.